The number of hydrogen-bond donors (Lipinski definition) is 2. The van der Waals surface area contributed by atoms with Crippen molar-refractivity contribution in [2.24, 2.45) is 0 Å². The third kappa shape index (κ3) is 5.35. The first-order valence-corrected chi connectivity index (χ1v) is 3.33. The fourth-order valence-corrected chi connectivity index (χ4v) is 0.439. The lowest BCUT2D eigenvalue weighted by molar-refractivity contribution is -0.132. The molecule has 5 heteroatoms. The maximum atomic E-state index is 10.1. The van der Waals surface area contributed by atoms with Crippen LogP contribution in [0.5, 0.6) is 0 Å². The van der Waals surface area contributed by atoms with Gasteiger partial charge in [0, 0.05) is 6.08 Å². The number of halogens is 1. The Balaban J connectivity index is 4.13. The van der Waals surface area contributed by atoms with Crippen molar-refractivity contribution in [2.45, 2.75) is 0 Å². The molecule has 0 bridgehead atoms. The van der Waals surface area contributed by atoms with Gasteiger partial charge in [0.15, 0.2) is 0 Å². The van der Waals surface area contributed by atoms with Gasteiger partial charge in [-0.15, -0.1) is 0 Å². The van der Waals surface area contributed by atoms with Gasteiger partial charge in [-0.2, -0.15) is 0 Å². The first-order chi connectivity index (χ1) is 5.04. The number of carbonyl (C=O) groups is 2. The van der Waals surface area contributed by atoms with Crippen molar-refractivity contribution in [3.63, 3.8) is 0 Å². The highest BCUT2D eigenvalue weighted by Gasteiger charge is 1.98. The van der Waals surface area contributed by atoms with E-state index < -0.39 is 11.9 Å². The Morgan fingerprint density at radius 3 is 2.18 bits per heavy atom. The molecule has 4 nitrogen and oxygen atoms in total. The molecule has 0 aromatic rings. The monoisotopic (exact) mass is 220 g/mol. The molecule has 0 aromatic carbocycles. The van der Waals surface area contributed by atoms with Crippen LogP contribution in [0.3, 0.4) is 0 Å². The fourth-order valence-electron chi connectivity index (χ4n) is 0.286. The summed E-state index contributed by atoms with van der Waals surface area (Å²) in [7, 11) is 0. The Morgan fingerprint density at radius 2 is 1.82 bits per heavy atom. The minimum Gasteiger partial charge on any atom is -0.478 e. The van der Waals surface area contributed by atoms with E-state index in [4.69, 9.17) is 10.2 Å². The van der Waals surface area contributed by atoms with Gasteiger partial charge in [0.2, 0.25) is 0 Å². The van der Waals surface area contributed by atoms with Gasteiger partial charge >= 0.3 is 11.9 Å². The Kier molecular flexibility index (Phi) is 4.21. The van der Waals surface area contributed by atoms with Gasteiger partial charge in [-0.05, 0) is 22.0 Å². The Morgan fingerprint density at radius 1 is 1.27 bits per heavy atom. The van der Waals surface area contributed by atoms with Gasteiger partial charge in [-0.3, -0.25) is 0 Å². The molecule has 0 saturated heterocycles. The molecule has 60 valence electrons. The molecule has 0 saturated carbocycles. The maximum Gasteiger partial charge on any atom is 0.342 e. The van der Waals surface area contributed by atoms with E-state index in [1.54, 1.807) is 0 Å². The molecule has 0 atom stereocenters. The van der Waals surface area contributed by atoms with Crippen molar-refractivity contribution in [3.05, 3.63) is 22.7 Å². The highest BCUT2D eigenvalue weighted by molar-refractivity contribution is 9.12. The smallest absolute Gasteiger partial charge is 0.342 e. The molecule has 0 radical (unpaired) electrons. The van der Waals surface area contributed by atoms with Crippen molar-refractivity contribution in [1.82, 2.24) is 0 Å². The molecule has 0 heterocycles. The number of carboxylic acids is 2. The van der Waals surface area contributed by atoms with E-state index in [0.717, 1.165) is 18.2 Å². The van der Waals surface area contributed by atoms with Crippen LogP contribution in [0.4, 0.5) is 0 Å². The van der Waals surface area contributed by atoms with Gasteiger partial charge < -0.3 is 10.2 Å². The van der Waals surface area contributed by atoms with E-state index >= 15 is 0 Å². The van der Waals surface area contributed by atoms with Crippen LogP contribution < -0.4 is 0 Å². The molecule has 0 spiro atoms. The quantitative estimate of drug-likeness (QED) is 0.550. The summed E-state index contributed by atoms with van der Waals surface area (Å²) in [5.74, 6) is -2.26. The second kappa shape index (κ2) is 4.68. The highest BCUT2D eigenvalue weighted by atomic mass is 79.9. The first-order valence-electron chi connectivity index (χ1n) is 2.54. The standard InChI is InChI=1S/C6H5BrO4/c7-4(6(10)11)2-1-3-5(8)9/h1-3H,(H,8,9)(H,10,11)/b3-1-,4-2+. The molecule has 0 amide bonds. The van der Waals surface area contributed by atoms with E-state index in [9.17, 15) is 9.59 Å². The molecule has 0 aromatic heterocycles. The lowest BCUT2D eigenvalue weighted by atomic mass is 10.4. The lowest BCUT2D eigenvalue weighted by Crippen LogP contribution is -1.92. The van der Waals surface area contributed by atoms with Crippen LogP contribution in [0, 0.1) is 0 Å². The summed E-state index contributed by atoms with van der Waals surface area (Å²) >= 11 is 2.71. The van der Waals surface area contributed by atoms with E-state index in [2.05, 4.69) is 15.9 Å². The van der Waals surface area contributed by atoms with Crippen LogP contribution in [0.25, 0.3) is 0 Å². The van der Waals surface area contributed by atoms with Crippen LogP contribution in [0.15, 0.2) is 22.7 Å². The SMILES string of the molecule is O=C(O)/C=C\C=C(\Br)C(=O)O. The third-order valence-corrected chi connectivity index (χ3v) is 1.29. The lowest BCUT2D eigenvalue weighted by Gasteiger charge is -1.84. The number of aliphatic carboxylic acids is 2. The number of carboxylic acid groups (broad SMARTS) is 2. The molecular formula is C6H5BrO4. The molecule has 0 unspecified atom stereocenters. The average Bonchev–Trinajstić information content (AvgIpc) is 1.86. The third-order valence-electron chi connectivity index (χ3n) is 0.686. The largest absolute Gasteiger partial charge is 0.478 e. The molecule has 0 fully saturated rings. The van der Waals surface area contributed by atoms with E-state index in [1.807, 2.05) is 0 Å². The Labute approximate surface area is 71.0 Å². The summed E-state index contributed by atoms with van der Waals surface area (Å²) in [6.07, 6.45) is 3.10. The molecule has 0 aliphatic carbocycles. The molecule has 0 aliphatic heterocycles. The maximum absolute atomic E-state index is 10.1. The van der Waals surface area contributed by atoms with E-state index in [0.29, 0.717) is 0 Å². The molecule has 2 N–H and O–H groups in total. The minimum atomic E-state index is -1.14. The van der Waals surface area contributed by atoms with Crippen LogP contribution in [0.2, 0.25) is 0 Å². The van der Waals surface area contributed by atoms with Crippen LogP contribution in [-0.4, -0.2) is 22.2 Å². The summed E-state index contributed by atoms with van der Waals surface area (Å²) in [4.78, 5) is 20.0. The molecule has 0 rings (SSSR count). The van der Waals surface area contributed by atoms with Crippen molar-refractivity contribution >= 4 is 27.9 Å². The topological polar surface area (TPSA) is 74.6 Å². The number of rotatable bonds is 3. The molecule has 0 aliphatic rings. The van der Waals surface area contributed by atoms with Gasteiger partial charge in [-0.25, -0.2) is 9.59 Å². The Bertz CT molecular complexity index is 229. The first kappa shape index (κ1) is 9.90. The van der Waals surface area contributed by atoms with Gasteiger partial charge in [-0.1, -0.05) is 6.08 Å². The van der Waals surface area contributed by atoms with Crippen molar-refractivity contribution in [2.75, 3.05) is 0 Å². The zero-order chi connectivity index (χ0) is 8.85. The van der Waals surface area contributed by atoms with Crippen molar-refractivity contribution in [1.29, 1.82) is 0 Å². The van der Waals surface area contributed by atoms with Crippen LogP contribution >= 0.6 is 15.9 Å². The average molecular weight is 221 g/mol. The van der Waals surface area contributed by atoms with Crippen LogP contribution in [-0.2, 0) is 9.59 Å². The van der Waals surface area contributed by atoms with Crippen LogP contribution in [0.1, 0.15) is 0 Å². The van der Waals surface area contributed by atoms with E-state index in [-0.39, 0.29) is 4.48 Å². The highest BCUT2D eigenvalue weighted by Crippen LogP contribution is 2.03. The van der Waals surface area contributed by atoms with Gasteiger partial charge in [0.25, 0.3) is 0 Å². The predicted octanol–water partition coefficient (Wildman–Crippen LogP) is 0.991. The summed E-state index contributed by atoms with van der Waals surface area (Å²) in [5.41, 5.74) is 0. The number of allylic oxidation sites excluding steroid dienone is 2. The normalized spacial score (nSPS) is 11.9. The number of hydrogen-bond acceptors (Lipinski definition) is 2. The fraction of sp³-hybridized carbons (Fsp3) is 0. The van der Waals surface area contributed by atoms with Crippen molar-refractivity contribution in [3.8, 4) is 0 Å². The van der Waals surface area contributed by atoms with Crippen molar-refractivity contribution < 1.29 is 19.8 Å². The second-order valence-electron chi connectivity index (χ2n) is 1.52. The Hall–Kier alpha value is -1.10. The van der Waals surface area contributed by atoms with Gasteiger partial charge in [0.1, 0.15) is 4.48 Å². The second-order valence-corrected chi connectivity index (χ2v) is 2.37. The predicted molar refractivity (Wildman–Crippen MR) is 41.4 cm³/mol. The van der Waals surface area contributed by atoms with E-state index in [1.165, 1.54) is 0 Å². The molecular weight excluding hydrogens is 216 g/mol. The zero-order valence-electron chi connectivity index (χ0n) is 5.32. The minimum absolute atomic E-state index is 0.0880. The molecule has 11 heavy (non-hydrogen) atoms. The summed E-state index contributed by atoms with van der Waals surface area (Å²) in [6, 6.07) is 0. The zero-order valence-corrected chi connectivity index (χ0v) is 6.91. The summed E-state index contributed by atoms with van der Waals surface area (Å²) in [6.45, 7) is 0. The summed E-state index contributed by atoms with van der Waals surface area (Å²) < 4.78 is -0.0880. The summed E-state index contributed by atoms with van der Waals surface area (Å²) in [5, 5.41) is 16.3. The van der Waals surface area contributed by atoms with Gasteiger partial charge in [0.05, 0.1) is 0 Å².